The molecule has 0 unspecified atom stereocenters. The van der Waals surface area contributed by atoms with Gasteiger partial charge in [0.05, 0.1) is 23.5 Å². The van der Waals surface area contributed by atoms with Crippen LogP contribution in [0.2, 0.25) is 0 Å². The fourth-order valence-corrected chi connectivity index (χ4v) is 5.19. The molecule has 1 aliphatic heterocycles. The van der Waals surface area contributed by atoms with Gasteiger partial charge in [-0.25, -0.2) is 4.39 Å². The topological polar surface area (TPSA) is 58.4 Å². The first kappa shape index (κ1) is 19.8. The second-order valence-electron chi connectivity index (χ2n) is 9.28. The predicted molar refractivity (Wildman–Crippen MR) is 117 cm³/mol. The highest BCUT2D eigenvalue weighted by Crippen LogP contribution is 2.55. The average molecular weight is 420 g/mol. The number of aromatic nitrogens is 2. The highest BCUT2D eigenvalue weighted by atomic mass is 19.1. The van der Waals surface area contributed by atoms with Crippen LogP contribution in [0, 0.1) is 32.0 Å². The molecule has 1 aromatic heterocycles. The lowest BCUT2D eigenvalue weighted by Crippen LogP contribution is -2.63. The van der Waals surface area contributed by atoms with Crippen molar-refractivity contribution in [3.63, 3.8) is 0 Å². The summed E-state index contributed by atoms with van der Waals surface area (Å²) in [7, 11) is 0. The first-order valence-corrected chi connectivity index (χ1v) is 10.7. The molecule has 0 radical (unpaired) electrons. The number of rotatable bonds is 3. The second-order valence-corrected chi connectivity index (χ2v) is 9.28. The number of aromatic hydroxyl groups is 1. The van der Waals surface area contributed by atoms with Crippen molar-refractivity contribution in [1.29, 1.82) is 0 Å². The molecule has 1 saturated carbocycles. The molecule has 1 amide bonds. The molecule has 2 fully saturated rings. The van der Waals surface area contributed by atoms with E-state index in [4.69, 9.17) is 0 Å². The number of hydrogen-bond donors (Lipinski definition) is 1. The Morgan fingerprint density at radius 2 is 1.81 bits per heavy atom. The third-order valence-corrected chi connectivity index (χ3v) is 6.91. The van der Waals surface area contributed by atoms with Crippen molar-refractivity contribution in [2.24, 2.45) is 5.41 Å². The molecule has 160 valence electrons. The zero-order valence-electron chi connectivity index (χ0n) is 18.0. The van der Waals surface area contributed by atoms with Gasteiger partial charge in [-0.3, -0.25) is 9.48 Å². The largest absolute Gasteiger partial charge is 0.507 e. The Balaban J connectivity index is 1.29. The Kier molecular flexibility index (Phi) is 4.43. The molecule has 1 saturated heterocycles. The van der Waals surface area contributed by atoms with Gasteiger partial charge in [-0.15, -0.1) is 0 Å². The minimum absolute atomic E-state index is 0.0402. The van der Waals surface area contributed by atoms with Crippen LogP contribution in [0.3, 0.4) is 0 Å². The van der Waals surface area contributed by atoms with Crippen molar-refractivity contribution in [3.8, 4) is 17.0 Å². The number of nitrogens with zero attached hydrogens (tertiary/aromatic N) is 3. The number of carbonyl (C=O) groups excluding carboxylic acids is 1. The molecule has 5 rings (SSSR count). The summed E-state index contributed by atoms with van der Waals surface area (Å²) in [4.78, 5) is 14.5. The highest BCUT2D eigenvalue weighted by molar-refractivity contribution is 5.97. The molecule has 1 N–H and O–H groups in total. The highest BCUT2D eigenvalue weighted by Gasteiger charge is 2.55. The molecule has 0 atom stereocenters. The summed E-state index contributed by atoms with van der Waals surface area (Å²) in [6.07, 6.45) is 3.86. The van der Waals surface area contributed by atoms with Gasteiger partial charge in [0.25, 0.3) is 5.91 Å². The number of carbonyl (C=O) groups is 1. The molecule has 2 aromatic carbocycles. The van der Waals surface area contributed by atoms with E-state index in [0.717, 1.165) is 24.5 Å². The number of phenolic OH excluding ortho intramolecular Hbond substituents is 1. The van der Waals surface area contributed by atoms with Crippen molar-refractivity contribution in [1.82, 2.24) is 14.7 Å². The van der Waals surface area contributed by atoms with Crippen molar-refractivity contribution in [3.05, 3.63) is 70.7 Å². The monoisotopic (exact) mass is 419 g/mol. The van der Waals surface area contributed by atoms with Gasteiger partial charge >= 0.3 is 0 Å². The van der Waals surface area contributed by atoms with Gasteiger partial charge in [0.1, 0.15) is 11.6 Å². The molecule has 2 aliphatic rings. The summed E-state index contributed by atoms with van der Waals surface area (Å²) >= 11 is 0. The molecule has 31 heavy (non-hydrogen) atoms. The maximum Gasteiger partial charge on any atom is 0.257 e. The lowest BCUT2D eigenvalue weighted by Gasteiger charge is -2.59. The Morgan fingerprint density at radius 1 is 1.10 bits per heavy atom. The quantitative estimate of drug-likeness (QED) is 0.664. The number of phenols is 1. The minimum Gasteiger partial charge on any atom is -0.507 e. The Labute approximate surface area is 181 Å². The molecular weight excluding hydrogens is 393 g/mol. The van der Waals surface area contributed by atoms with Crippen LogP contribution in [-0.2, 0) is 0 Å². The average Bonchev–Trinajstić information content (AvgIpc) is 3.04. The van der Waals surface area contributed by atoms with Crippen LogP contribution in [-0.4, -0.2) is 38.8 Å². The number of likely N-dealkylation sites (tertiary alicyclic amines) is 1. The molecular formula is C25H26FN3O2. The lowest BCUT2D eigenvalue weighted by molar-refractivity contribution is -0.0735. The van der Waals surface area contributed by atoms with Gasteiger partial charge in [-0.05, 0) is 62.4 Å². The van der Waals surface area contributed by atoms with E-state index in [2.05, 4.69) is 41.8 Å². The Morgan fingerprint density at radius 3 is 2.52 bits per heavy atom. The molecule has 3 aromatic rings. The number of halogens is 1. The van der Waals surface area contributed by atoms with Gasteiger partial charge in [-0.1, -0.05) is 24.3 Å². The van der Waals surface area contributed by atoms with Crippen molar-refractivity contribution in [2.75, 3.05) is 13.1 Å². The lowest BCUT2D eigenvalue weighted by atomic mass is 9.60. The van der Waals surface area contributed by atoms with E-state index >= 15 is 0 Å². The zero-order chi connectivity index (χ0) is 21.9. The van der Waals surface area contributed by atoms with Crippen LogP contribution < -0.4 is 0 Å². The third-order valence-electron chi connectivity index (χ3n) is 6.91. The fraction of sp³-hybridized carbons (Fsp3) is 0.360. The molecule has 2 heterocycles. The van der Waals surface area contributed by atoms with Gasteiger partial charge in [0.15, 0.2) is 0 Å². The number of hydrogen-bond acceptors (Lipinski definition) is 3. The smallest absolute Gasteiger partial charge is 0.257 e. The van der Waals surface area contributed by atoms with Gasteiger partial charge < -0.3 is 10.0 Å². The number of benzene rings is 2. The molecule has 1 aliphatic carbocycles. The van der Waals surface area contributed by atoms with Crippen molar-refractivity contribution >= 4 is 5.91 Å². The fourth-order valence-electron chi connectivity index (χ4n) is 5.19. The summed E-state index contributed by atoms with van der Waals surface area (Å²) in [5.41, 5.74) is 5.24. The maximum atomic E-state index is 13.9. The normalized spacial score (nSPS) is 17.5. The maximum absolute atomic E-state index is 13.9. The van der Waals surface area contributed by atoms with E-state index in [1.54, 1.807) is 11.8 Å². The van der Waals surface area contributed by atoms with E-state index in [1.807, 2.05) is 12.3 Å². The van der Waals surface area contributed by atoms with Crippen LogP contribution >= 0.6 is 0 Å². The zero-order valence-corrected chi connectivity index (χ0v) is 18.0. The van der Waals surface area contributed by atoms with E-state index in [9.17, 15) is 14.3 Å². The summed E-state index contributed by atoms with van der Waals surface area (Å²) in [6.45, 7) is 7.05. The molecule has 1 spiro atoms. The standard InChI is InChI=1S/C25H26FN3O2/c1-15-6-4-5-7-19(15)23-17(3)12-27-29(23)18-10-25(11-18)13-28(14-25)24(31)20-9-21(26)16(2)8-22(20)30/h4-9,12,18,30H,10-11,13-14H2,1-3H3. The first-order chi connectivity index (χ1) is 14.8. The van der Waals surface area contributed by atoms with E-state index in [0.29, 0.717) is 24.7 Å². The summed E-state index contributed by atoms with van der Waals surface area (Å²) < 4.78 is 16.0. The van der Waals surface area contributed by atoms with Crippen LogP contribution in [0.4, 0.5) is 4.39 Å². The van der Waals surface area contributed by atoms with Crippen LogP contribution in [0.15, 0.2) is 42.6 Å². The van der Waals surface area contributed by atoms with Crippen molar-refractivity contribution in [2.45, 2.75) is 39.7 Å². The Bertz CT molecular complexity index is 1190. The molecule has 6 heteroatoms. The predicted octanol–water partition coefficient (Wildman–Crippen LogP) is 4.80. The number of aryl methyl sites for hydroxylation is 3. The van der Waals surface area contributed by atoms with E-state index in [-0.39, 0.29) is 22.6 Å². The number of amides is 1. The SMILES string of the molecule is Cc1cc(O)c(C(=O)N2CC3(CC(n4ncc(C)c4-c4ccccc4C)C3)C2)cc1F. The van der Waals surface area contributed by atoms with Gasteiger partial charge in [-0.2, -0.15) is 5.10 Å². The molecule has 5 nitrogen and oxygen atoms in total. The van der Waals surface area contributed by atoms with Crippen molar-refractivity contribution < 1.29 is 14.3 Å². The van der Waals surface area contributed by atoms with Crippen LogP contribution in [0.1, 0.15) is 45.9 Å². The summed E-state index contributed by atoms with van der Waals surface area (Å²) in [5, 5.41) is 14.8. The van der Waals surface area contributed by atoms with E-state index < -0.39 is 5.82 Å². The summed E-state index contributed by atoms with van der Waals surface area (Å²) in [6, 6.07) is 11.1. The second kappa shape index (κ2) is 6.94. The van der Waals surface area contributed by atoms with Gasteiger partial charge in [0.2, 0.25) is 0 Å². The third kappa shape index (κ3) is 3.12. The molecule has 0 bridgehead atoms. The van der Waals surface area contributed by atoms with Crippen LogP contribution in [0.5, 0.6) is 5.75 Å². The summed E-state index contributed by atoms with van der Waals surface area (Å²) in [5.74, 6) is -0.940. The Hall–Kier alpha value is -3.15. The van der Waals surface area contributed by atoms with E-state index in [1.165, 1.54) is 22.9 Å². The van der Waals surface area contributed by atoms with Gasteiger partial charge in [0, 0.05) is 24.1 Å². The van der Waals surface area contributed by atoms with Crippen LogP contribution in [0.25, 0.3) is 11.3 Å². The minimum atomic E-state index is -0.474. The first-order valence-electron chi connectivity index (χ1n) is 10.7.